The Labute approximate surface area is 481 Å². The molecule has 13 rings (SSSR count). The van der Waals surface area contributed by atoms with Crippen LogP contribution in [0.15, 0.2) is 132 Å². The van der Waals surface area contributed by atoms with Gasteiger partial charge in [0.15, 0.2) is 5.96 Å². The monoisotopic (exact) mass is 1080 g/mol. The van der Waals surface area contributed by atoms with E-state index < -0.39 is 50.6 Å². The molecule has 78 heavy (non-hydrogen) atoms. The second-order valence-electron chi connectivity index (χ2n) is 23.4. The van der Waals surface area contributed by atoms with E-state index in [4.69, 9.17) is 25.9 Å². The van der Waals surface area contributed by atoms with Crippen LogP contribution in [0.2, 0.25) is 0 Å². The normalized spacial score (nSPS) is 30.6. The van der Waals surface area contributed by atoms with Gasteiger partial charge in [0, 0.05) is 36.1 Å². The van der Waals surface area contributed by atoms with Crippen molar-refractivity contribution < 1.29 is 72.4 Å². The van der Waals surface area contributed by atoms with Gasteiger partial charge >= 0.3 is 29.6 Å². The molecular formula is C64H72N3NaO9S. The van der Waals surface area contributed by atoms with Crippen LogP contribution in [-0.4, -0.2) is 62.9 Å². The van der Waals surface area contributed by atoms with Crippen LogP contribution in [0, 0.1) is 41.4 Å². The summed E-state index contributed by atoms with van der Waals surface area (Å²) in [6.07, 6.45) is 8.17. The molecule has 1 saturated carbocycles. The van der Waals surface area contributed by atoms with Gasteiger partial charge in [-0.05, 0) is 181 Å². The van der Waals surface area contributed by atoms with Crippen molar-refractivity contribution in [3.05, 3.63) is 177 Å². The van der Waals surface area contributed by atoms with E-state index in [1.165, 1.54) is 0 Å². The minimum absolute atomic E-state index is 0. The number of aliphatic hydroxyl groups excluding tert-OH is 2. The van der Waals surface area contributed by atoms with Crippen molar-refractivity contribution in [2.45, 2.75) is 144 Å². The first kappa shape index (κ1) is 56.3. The minimum Gasteiger partial charge on any atom is -0.748 e. The molecule has 13 atom stereocenters. The SMILES string of the molecule is CC1CCc2cc3ccc2C1CC(S(=O)(=O)[O-])C1C=C2CC(CC4CC(CO)CC#Cc5cc(O)ccc5C2O4)C1c1ccc(cc1)C(CC(Cc1ccccc1)C1(O)CCCC(c2ccc(CO)cc2)C1)(N=C(N)N)O3.[Na+]. The molecule has 12 nitrogen and oxygen atoms in total. The molecule has 3 aliphatic carbocycles. The van der Waals surface area contributed by atoms with Crippen LogP contribution in [0.5, 0.6) is 11.5 Å². The molecule has 5 heterocycles. The van der Waals surface area contributed by atoms with Gasteiger partial charge in [-0.15, -0.1) is 0 Å². The Balaban J connectivity index is 0.00000688. The number of phenols is 1. The van der Waals surface area contributed by atoms with Crippen molar-refractivity contribution in [2.75, 3.05) is 6.61 Å². The van der Waals surface area contributed by atoms with Gasteiger partial charge in [0.05, 0.1) is 33.7 Å². The number of aliphatic hydroxyl groups is 3. The number of aryl methyl sites for hydroxylation is 1. The van der Waals surface area contributed by atoms with Crippen LogP contribution in [0.3, 0.4) is 0 Å². The van der Waals surface area contributed by atoms with Crippen molar-refractivity contribution in [1.82, 2.24) is 0 Å². The quantitative estimate of drug-likeness (QED) is 0.0217. The topological polar surface area (TPSA) is 221 Å². The van der Waals surface area contributed by atoms with Crippen molar-refractivity contribution >= 4 is 16.1 Å². The average Bonchev–Trinajstić information content (AvgIpc) is 3.71. The van der Waals surface area contributed by atoms with Gasteiger partial charge in [-0.3, -0.25) is 0 Å². The number of hydrogen-bond acceptors (Lipinski definition) is 10. The molecule has 2 fully saturated rings. The van der Waals surface area contributed by atoms with Crippen molar-refractivity contribution in [3.8, 4) is 23.3 Å². The second-order valence-corrected chi connectivity index (χ2v) is 25.0. The fourth-order valence-electron chi connectivity index (χ4n) is 14.7. The molecule has 0 spiro atoms. The molecule has 0 amide bonds. The van der Waals surface area contributed by atoms with E-state index in [9.17, 15) is 33.4 Å². The van der Waals surface area contributed by atoms with Crippen LogP contribution in [0.4, 0.5) is 0 Å². The number of aliphatic imine (C=N–C) groups is 1. The van der Waals surface area contributed by atoms with Crippen LogP contribution >= 0.6 is 0 Å². The van der Waals surface area contributed by atoms with Crippen molar-refractivity contribution in [3.63, 3.8) is 0 Å². The molecule has 5 aromatic carbocycles. The van der Waals surface area contributed by atoms with Gasteiger partial charge in [-0.2, -0.15) is 0 Å². The molecule has 5 aromatic rings. The first-order chi connectivity index (χ1) is 37.1. The van der Waals surface area contributed by atoms with Crippen molar-refractivity contribution in [1.29, 1.82) is 0 Å². The summed E-state index contributed by atoms with van der Waals surface area (Å²) < 4.78 is 57.5. The number of allylic oxidation sites excluding steroid dienone is 1. The van der Waals surface area contributed by atoms with E-state index >= 15 is 0 Å². The standard InChI is InChI=1S/C64H73N3O9S.Na/c1-39-12-15-46-31-53-23-25-55(46)57(39)34-59(77(72,73)74)58-33-49-29-48(32-54-28-42(38-69)9-5-10-45-30-52(70)22-24-56(45)61(49)75-54)60(58)44-18-20-50(21-19-44)64(76-53,67-62(65)66)36-51(27-40-7-3-2-4-8-40)63(71)26-6-11-47(35-63)43-16-13-41(37-68)14-17-43;/h2-4,7-8,13-14,16-25,30-31,33,39,42,47-48,51,54,57-61,68-71H,6,9,11-12,15,26-29,32,34-38H2,1H3,(H4,65,66,67)(H,72,73,74);/q;+1/p-1. The summed E-state index contributed by atoms with van der Waals surface area (Å²) >= 11 is 0. The Morgan fingerprint density at radius 1 is 0.897 bits per heavy atom. The predicted octanol–water partition coefficient (Wildman–Crippen LogP) is 6.65. The maximum Gasteiger partial charge on any atom is 1.00 e. The summed E-state index contributed by atoms with van der Waals surface area (Å²) in [6, 6.07) is 37.3. The third kappa shape index (κ3) is 11.6. The molecule has 404 valence electrons. The van der Waals surface area contributed by atoms with Gasteiger partial charge in [0.25, 0.3) is 0 Å². The summed E-state index contributed by atoms with van der Waals surface area (Å²) in [5.41, 5.74) is 19.1. The van der Waals surface area contributed by atoms with E-state index in [0.717, 1.165) is 63.8 Å². The van der Waals surface area contributed by atoms with E-state index in [0.29, 0.717) is 68.2 Å². The Morgan fingerprint density at radius 3 is 2.38 bits per heavy atom. The van der Waals surface area contributed by atoms with Crippen LogP contribution < -0.4 is 45.8 Å². The molecule has 10 bridgehead atoms. The number of fused-ring (bicyclic) bond motifs is 9. The molecule has 0 aromatic heterocycles. The number of guanidine groups is 1. The van der Waals surface area contributed by atoms with Gasteiger partial charge in [0.2, 0.25) is 5.72 Å². The van der Waals surface area contributed by atoms with Crippen LogP contribution in [0.1, 0.15) is 151 Å². The molecule has 1 saturated heterocycles. The van der Waals surface area contributed by atoms with Gasteiger partial charge in [-0.1, -0.05) is 116 Å². The third-order valence-electron chi connectivity index (χ3n) is 18.5. The zero-order valence-corrected chi connectivity index (χ0v) is 47.7. The molecule has 8 N–H and O–H groups in total. The number of nitrogens with two attached hydrogens (primary N) is 2. The van der Waals surface area contributed by atoms with Crippen LogP contribution in [0.25, 0.3) is 0 Å². The van der Waals surface area contributed by atoms with Gasteiger partial charge < -0.3 is 45.9 Å². The van der Waals surface area contributed by atoms with Crippen molar-refractivity contribution in [2.24, 2.45) is 46.0 Å². The van der Waals surface area contributed by atoms with Gasteiger partial charge in [-0.25, -0.2) is 13.4 Å². The van der Waals surface area contributed by atoms with E-state index in [-0.39, 0.29) is 103 Å². The Bertz CT molecular complexity index is 3190. The number of benzene rings is 5. The predicted molar refractivity (Wildman–Crippen MR) is 296 cm³/mol. The molecule has 13 unspecified atom stereocenters. The minimum atomic E-state index is -4.95. The zero-order chi connectivity index (χ0) is 53.6. The number of nitrogens with zero attached hydrogens (tertiary/aromatic N) is 1. The average molecular weight is 1080 g/mol. The Morgan fingerprint density at radius 2 is 1.65 bits per heavy atom. The summed E-state index contributed by atoms with van der Waals surface area (Å²) in [5.74, 6) is 4.79. The number of rotatable bonds is 10. The summed E-state index contributed by atoms with van der Waals surface area (Å²) in [5, 5.41) is 43.3. The first-order valence-electron chi connectivity index (χ1n) is 27.8. The maximum atomic E-state index is 14.3. The van der Waals surface area contributed by atoms with E-state index in [2.05, 4.69) is 43.0 Å². The number of hydrogen-bond donors (Lipinski definition) is 6. The second kappa shape index (κ2) is 23.2. The Kier molecular flexibility index (Phi) is 16.8. The van der Waals surface area contributed by atoms with E-state index in [1.54, 1.807) is 12.1 Å². The third-order valence-corrected chi connectivity index (χ3v) is 19.8. The zero-order valence-electron chi connectivity index (χ0n) is 44.8. The summed E-state index contributed by atoms with van der Waals surface area (Å²) in [4.78, 5) is 5.12. The fraction of sp³-hybridized carbons (Fsp3) is 0.453. The van der Waals surface area contributed by atoms with Gasteiger partial charge in [0.1, 0.15) is 17.6 Å². The Hall–Kier alpha value is -4.98. The number of phenolic OH excluding ortho intramolecular Hbond substituents is 1. The molecule has 5 aliphatic heterocycles. The summed E-state index contributed by atoms with van der Waals surface area (Å²) in [7, 11) is -4.95. The first-order valence-corrected chi connectivity index (χ1v) is 29.3. The molecule has 14 heteroatoms. The molecule has 0 radical (unpaired) electrons. The fourth-order valence-corrected chi connectivity index (χ4v) is 15.8. The summed E-state index contributed by atoms with van der Waals surface area (Å²) in [6.45, 7) is 2.02. The maximum absolute atomic E-state index is 14.3. The molecule has 8 aliphatic rings. The smallest absolute Gasteiger partial charge is 0.748 e. The van der Waals surface area contributed by atoms with Crippen LogP contribution in [-0.2, 0) is 40.0 Å². The number of aromatic hydroxyl groups is 1. The largest absolute Gasteiger partial charge is 1.00 e. The molecular weight excluding hydrogens is 1010 g/mol. The van der Waals surface area contributed by atoms with E-state index in [1.807, 2.05) is 84.9 Å². The number of ether oxygens (including phenoxy) is 2.